The fraction of sp³-hybridized carbons (Fsp3) is 0.636. The molecule has 0 radical (unpaired) electrons. The van der Waals surface area contributed by atoms with Crippen LogP contribution in [0.4, 0.5) is 0 Å². The van der Waals surface area contributed by atoms with Gasteiger partial charge in [0.15, 0.2) is 0 Å². The van der Waals surface area contributed by atoms with Gasteiger partial charge in [0.05, 0.1) is 6.42 Å². The van der Waals surface area contributed by atoms with E-state index in [-0.39, 0.29) is 24.5 Å². The summed E-state index contributed by atoms with van der Waals surface area (Å²) in [6.07, 6.45) is 0.177. The summed E-state index contributed by atoms with van der Waals surface area (Å²) in [5, 5.41) is 2.77. The quantitative estimate of drug-likeness (QED) is 0.567. The maximum Gasteiger partial charge on any atom is 0.333 e. The standard InChI is InChI=1S/C11H19NO3/c1-8(2)10(14)15-7-6-9(13)12-11(3,4)5/h1,6-7H2,2-5H3,(H,12,13). The molecule has 0 aromatic rings. The van der Waals surface area contributed by atoms with Crippen LogP contribution in [0.15, 0.2) is 12.2 Å². The van der Waals surface area contributed by atoms with Crippen molar-refractivity contribution >= 4 is 11.9 Å². The molecule has 0 aromatic carbocycles. The highest BCUT2D eigenvalue weighted by Crippen LogP contribution is 1.99. The third kappa shape index (κ3) is 7.73. The van der Waals surface area contributed by atoms with Crippen LogP contribution in [0.2, 0.25) is 0 Å². The third-order valence-corrected chi connectivity index (χ3v) is 1.43. The maximum atomic E-state index is 11.3. The largest absolute Gasteiger partial charge is 0.462 e. The molecule has 0 unspecified atom stereocenters. The van der Waals surface area contributed by atoms with E-state index in [1.54, 1.807) is 6.92 Å². The number of hydrogen-bond acceptors (Lipinski definition) is 3. The summed E-state index contributed by atoms with van der Waals surface area (Å²) in [6.45, 7) is 10.8. The maximum absolute atomic E-state index is 11.3. The highest BCUT2D eigenvalue weighted by molar-refractivity contribution is 5.87. The third-order valence-electron chi connectivity index (χ3n) is 1.43. The monoisotopic (exact) mass is 213 g/mol. The van der Waals surface area contributed by atoms with Gasteiger partial charge < -0.3 is 10.1 Å². The molecular weight excluding hydrogens is 194 g/mol. The minimum atomic E-state index is -0.460. The lowest BCUT2D eigenvalue weighted by molar-refractivity contribution is -0.139. The van der Waals surface area contributed by atoms with E-state index in [1.165, 1.54) is 0 Å². The lowest BCUT2D eigenvalue weighted by Crippen LogP contribution is -2.41. The molecule has 0 rings (SSSR count). The number of rotatable bonds is 4. The van der Waals surface area contributed by atoms with Crippen LogP contribution >= 0.6 is 0 Å². The Hall–Kier alpha value is -1.32. The van der Waals surface area contributed by atoms with E-state index >= 15 is 0 Å². The van der Waals surface area contributed by atoms with Crippen LogP contribution in [0, 0.1) is 0 Å². The van der Waals surface area contributed by atoms with Crippen molar-refractivity contribution in [3.8, 4) is 0 Å². The van der Waals surface area contributed by atoms with Crippen LogP contribution < -0.4 is 5.32 Å². The van der Waals surface area contributed by atoms with Gasteiger partial charge >= 0.3 is 5.97 Å². The molecule has 0 saturated carbocycles. The first kappa shape index (κ1) is 13.7. The molecular formula is C11H19NO3. The Bertz CT molecular complexity index is 263. The lowest BCUT2D eigenvalue weighted by atomic mass is 10.1. The van der Waals surface area contributed by atoms with Crippen LogP contribution in [-0.4, -0.2) is 24.0 Å². The van der Waals surface area contributed by atoms with Crippen molar-refractivity contribution in [1.29, 1.82) is 0 Å². The van der Waals surface area contributed by atoms with Crippen molar-refractivity contribution in [3.63, 3.8) is 0 Å². The second kappa shape index (κ2) is 5.53. The Labute approximate surface area is 90.7 Å². The smallest absolute Gasteiger partial charge is 0.333 e. The molecule has 15 heavy (non-hydrogen) atoms. The molecule has 0 atom stereocenters. The molecule has 0 fully saturated rings. The zero-order chi connectivity index (χ0) is 12.1. The summed E-state index contributed by atoms with van der Waals surface area (Å²) < 4.78 is 4.79. The second-order valence-corrected chi connectivity index (χ2v) is 4.46. The van der Waals surface area contributed by atoms with Crippen LogP contribution in [0.3, 0.4) is 0 Å². The van der Waals surface area contributed by atoms with Crippen LogP contribution in [-0.2, 0) is 14.3 Å². The van der Waals surface area contributed by atoms with Crippen molar-refractivity contribution in [1.82, 2.24) is 5.32 Å². The molecule has 0 saturated heterocycles. The van der Waals surface area contributed by atoms with E-state index in [0.717, 1.165) is 0 Å². The average molecular weight is 213 g/mol. The van der Waals surface area contributed by atoms with Gasteiger partial charge in [-0.25, -0.2) is 4.79 Å². The van der Waals surface area contributed by atoms with E-state index < -0.39 is 5.97 Å². The van der Waals surface area contributed by atoms with Gasteiger partial charge in [0.1, 0.15) is 6.61 Å². The van der Waals surface area contributed by atoms with Gasteiger partial charge in [0.25, 0.3) is 0 Å². The number of nitrogens with one attached hydrogen (secondary N) is 1. The molecule has 1 amide bonds. The molecule has 86 valence electrons. The number of hydrogen-bond donors (Lipinski definition) is 1. The van der Waals surface area contributed by atoms with Gasteiger partial charge in [-0.2, -0.15) is 0 Å². The van der Waals surface area contributed by atoms with Crippen molar-refractivity contribution < 1.29 is 14.3 Å². The zero-order valence-corrected chi connectivity index (χ0v) is 9.85. The van der Waals surface area contributed by atoms with Gasteiger partial charge in [0.2, 0.25) is 5.91 Å². The first-order valence-corrected chi connectivity index (χ1v) is 4.86. The van der Waals surface area contributed by atoms with Crippen LogP contribution in [0.25, 0.3) is 0 Å². The summed E-state index contributed by atoms with van der Waals surface area (Å²) in [6, 6.07) is 0. The number of amides is 1. The molecule has 0 aliphatic rings. The molecule has 0 spiro atoms. The normalized spacial score (nSPS) is 10.7. The van der Waals surface area contributed by atoms with Gasteiger partial charge in [-0.3, -0.25) is 4.79 Å². The van der Waals surface area contributed by atoms with Gasteiger partial charge in [0, 0.05) is 11.1 Å². The highest BCUT2D eigenvalue weighted by Gasteiger charge is 2.13. The van der Waals surface area contributed by atoms with Crippen molar-refractivity contribution in [2.45, 2.75) is 39.7 Å². The molecule has 4 nitrogen and oxygen atoms in total. The number of carbonyl (C=O) groups is 2. The lowest BCUT2D eigenvalue weighted by Gasteiger charge is -2.20. The first-order valence-electron chi connectivity index (χ1n) is 4.86. The Morgan fingerprint density at radius 1 is 1.33 bits per heavy atom. The predicted molar refractivity (Wildman–Crippen MR) is 58.3 cm³/mol. The number of esters is 1. The van der Waals surface area contributed by atoms with Gasteiger partial charge in [-0.15, -0.1) is 0 Å². The summed E-state index contributed by atoms with van der Waals surface area (Å²) in [7, 11) is 0. The number of carbonyl (C=O) groups excluding carboxylic acids is 2. The topological polar surface area (TPSA) is 55.4 Å². The van der Waals surface area contributed by atoms with Crippen molar-refractivity contribution in [2.24, 2.45) is 0 Å². The van der Waals surface area contributed by atoms with E-state index in [9.17, 15) is 9.59 Å². The van der Waals surface area contributed by atoms with Crippen LogP contribution in [0.1, 0.15) is 34.1 Å². The highest BCUT2D eigenvalue weighted by atomic mass is 16.5. The van der Waals surface area contributed by atoms with E-state index in [0.29, 0.717) is 5.57 Å². The minimum absolute atomic E-state index is 0.0909. The van der Waals surface area contributed by atoms with E-state index in [4.69, 9.17) is 4.74 Å². The Morgan fingerprint density at radius 3 is 2.27 bits per heavy atom. The zero-order valence-electron chi connectivity index (χ0n) is 9.85. The minimum Gasteiger partial charge on any atom is -0.462 e. The fourth-order valence-electron chi connectivity index (χ4n) is 0.840. The van der Waals surface area contributed by atoms with E-state index in [1.807, 2.05) is 20.8 Å². The van der Waals surface area contributed by atoms with Gasteiger partial charge in [-0.05, 0) is 27.7 Å². The fourth-order valence-corrected chi connectivity index (χ4v) is 0.840. The van der Waals surface area contributed by atoms with Gasteiger partial charge in [-0.1, -0.05) is 6.58 Å². The van der Waals surface area contributed by atoms with Crippen molar-refractivity contribution in [2.75, 3.05) is 6.61 Å². The van der Waals surface area contributed by atoms with E-state index in [2.05, 4.69) is 11.9 Å². The molecule has 0 aliphatic carbocycles. The molecule has 1 N–H and O–H groups in total. The molecule has 0 bridgehead atoms. The first-order chi connectivity index (χ1) is 6.72. The Morgan fingerprint density at radius 2 is 1.87 bits per heavy atom. The van der Waals surface area contributed by atoms with Crippen LogP contribution in [0.5, 0.6) is 0 Å². The predicted octanol–water partition coefficient (Wildman–Crippen LogP) is 1.41. The summed E-state index contributed by atoms with van der Waals surface area (Å²) >= 11 is 0. The summed E-state index contributed by atoms with van der Waals surface area (Å²) in [4.78, 5) is 22.2. The Kier molecular flexibility index (Phi) is 5.05. The average Bonchev–Trinajstić information content (AvgIpc) is 2.00. The van der Waals surface area contributed by atoms with Crippen molar-refractivity contribution in [3.05, 3.63) is 12.2 Å². The SMILES string of the molecule is C=C(C)C(=O)OCCC(=O)NC(C)(C)C. The number of ether oxygens (including phenoxy) is 1. The molecule has 0 aromatic heterocycles. The summed E-state index contributed by atoms with van der Waals surface area (Å²) in [5.41, 5.74) is 0.0846. The molecule has 0 heterocycles. The Balaban J connectivity index is 3.74. The second-order valence-electron chi connectivity index (χ2n) is 4.46. The summed E-state index contributed by atoms with van der Waals surface area (Å²) in [5.74, 6) is -0.587. The molecule has 4 heteroatoms. The molecule has 0 aliphatic heterocycles.